The first-order chi connectivity index (χ1) is 19.5. The first-order valence-electron chi connectivity index (χ1n) is 13.4. The van der Waals surface area contributed by atoms with Crippen molar-refractivity contribution in [3.8, 4) is 0 Å². The minimum Gasteiger partial charge on any atom is -0.352 e. The van der Waals surface area contributed by atoms with Crippen molar-refractivity contribution in [1.82, 2.24) is 10.2 Å². The Hall–Kier alpha value is -4.24. The van der Waals surface area contributed by atoms with Gasteiger partial charge in [-0.1, -0.05) is 84.9 Å². The molecule has 0 fully saturated rings. The second-order valence-electron chi connectivity index (χ2n) is 10.2. The molecule has 1 N–H and O–H groups in total. The van der Waals surface area contributed by atoms with Crippen LogP contribution in [0.3, 0.4) is 0 Å². The van der Waals surface area contributed by atoms with Gasteiger partial charge in [0.05, 0.1) is 11.9 Å². The summed E-state index contributed by atoms with van der Waals surface area (Å²) in [6, 6.07) is 26.5. The Kier molecular flexibility index (Phi) is 9.39. The molecule has 0 saturated heterocycles. The molecule has 41 heavy (non-hydrogen) atoms. The van der Waals surface area contributed by atoms with Crippen LogP contribution in [0.5, 0.6) is 0 Å². The van der Waals surface area contributed by atoms with Gasteiger partial charge in [-0.25, -0.2) is 12.8 Å². The summed E-state index contributed by atoms with van der Waals surface area (Å²) < 4.78 is 42.1. The molecule has 0 aliphatic heterocycles. The minimum atomic E-state index is -3.93. The van der Waals surface area contributed by atoms with Crippen LogP contribution in [0, 0.1) is 5.82 Å². The number of nitrogens with zero attached hydrogens (tertiary/aromatic N) is 2. The van der Waals surface area contributed by atoms with Crippen molar-refractivity contribution in [2.24, 2.45) is 0 Å². The maximum Gasteiger partial charge on any atom is 0.244 e. The van der Waals surface area contributed by atoms with Crippen molar-refractivity contribution < 1.29 is 22.4 Å². The minimum absolute atomic E-state index is 0.159. The van der Waals surface area contributed by atoms with E-state index < -0.39 is 40.2 Å². The number of carbonyl (C=O) groups is 2. The number of rotatable bonds is 11. The van der Waals surface area contributed by atoms with Gasteiger partial charge < -0.3 is 10.2 Å². The van der Waals surface area contributed by atoms with Crippen LogP contribution >= 0.6 is 0 Å². The van der Waals surface area contributed by atoms with Gasteiger partial charge in [0.1, 0.15) is 18.4 Å². The molecule has 0 aromatic heterocycles. The molecule has 4 aromatic rings. The molecule has 7 nitrogen and oxygen atoms in total. The molecule has 9 heteroatoms. The second-order valence-corrected chi connectivity index (χ2v) is 12.2. The van der Waals surface area contributed by atoms with E-state index in [1.165, 1.54) is 11.0 Å². The lowest BCUT2D eigenvalue weighted by molar-refractivity contribution is -0.140. The van der Waals surface area contributed by atoms with Gasteiger partial charge in [-0.15, -0.1) is 0 Å². The molecule has 0 spiro atoms. The van der Waals surface area contributed by atoms with Gasteiger partial charge in [0.25, 0.3) is 0 Å². The summed E-state index contributed by atoms with van der Waals surface area (Å²) in [5.74, 6) is -1.57. The average molecular weight is 576 g/mol. The largest absolute Gasteiger partial charge is 0.352 e. The van der Waals surface area contributed by atoms with E-state index >= 15 is 0 Å². The molecule has 0 bridgehead atoms. The Bertz CT molecular complexity index is 1620. The molecular weight excluding hydrogens is 541 g/mol. The zero-order valence-electron chi connectivity index (χ0n) is 23.3. The molecule has 0 aliphatic rings. The zero-order valence-corrected chi connectivity index (χ0v) is 24.1. The standard InChI is InChI=1S/C32H34FN3O4S/c1-23(2)34-32(38)30(20-24-12-5-4-6-13-24)35(21-26-15-8-10-18-28(26)33)31(37)22-36(41(3,39)40)29-19-11-16-25-14-7-9-17-27(25)29/h4-19,23,30H,20-22H2,1-3H3,(H,34,38)/t30-/m0/s1. The summed E-state index contributed by atoms with van der Waals surface area (Å²) in [5, 5.41) is 4.35. The number of carbonyl (C=O) groups excluding carboxylic acids is 2. The number of anilines is 1. The van der Waals surface area contributed by atoms with E-state index in [2.05, 4.69) is 5.32 Å². The van der Waals surface area contributed by atoms with E-state index in [-0.39, 0.29) is 24.6 Å². The quantitative estimate of drug-likeness (QED) is 0.275. The van der Waals surface area contributed by atoms with Gasteiger partial charge in [-0.05, 0) is 36.9 Å². The number of benzene rings is 4. The van der Waals surface area contributed by atoms with Gasteiger partial charge >= 0.3 is 0 Å². The Labute approximate surface area is 240 Å². The maximum atomic E-state index is 14.9. The molecule has 4 aromatic carbocycles. The van der Waals surface area contributed by atoms with Crippen LogP contribution in [0.2, 0.25) is 0 Å². The fraction of sp³-hybridized carbons (Fsp3) is 0.250. The molecule has 0 unspecified atom stereocenters. The molecule has 214 valence electrons. The molecule has 0 heterocycles. The lowest BCUT2D eigenvalue weighted by Gasteiger charge is -2.34. The van der Waals surface area contributed by atoms with Crippen molar-refractivity contribution in [2.45, 2.75) is 38.9 Å². The van der Waals surface area contributed by atoms with Gasteiger partial charge in [0, 0.05) is 30.0 Å². The molecular formula is C32H34FN3O4S. The van der Waals surface area contributed by atoms with E-state index in [1.807, 2.05) is 62.4 Å². The molecule has 4 rings (SSSR count). The number of fused-ring (bicyclic) bond motifs is 1. The van der Waals surface area contributed by atoms with Crippen LogP contribution in [0.25, 0.3) is 10.8 Å². The SMILES string of the molecule is CC(C)NC(=O)[C@H](Cc1ccccc1)N(Cc1ccccc1F)C(=O)CN(c1cccc2ccccc12)S(C)(=O)=O. The predicted molar refractivity (Wildman–Crippen MR) is 160 cm³/mol. The first kappa shape index (κ1) is 29.7. The summed E-state index contributed by atoms with van der Waals surface area (Å²) in [4.78, 5) is 29.0. The number of hydrogen-bond donors (Lipinski definition) is 1. The molecule has 0 radical (unpaired) electrons. The second kappa shape index (κ2) is 13.0. The molecule has 2 amide bonds. The van der Waals surface area contributed by atoms with Crippen molar-refractivity contribution in [1.29, 1.82) is 0 Å². The van der Waals surface area contributed by atoms with Crippen molar-refractivity contribution >= 4 is 38.3 Å². The third-order valence-electron chi connectivity index (χ3n) is 6.72. The van der Waals surface area contributed by atoms with E-state index in [1.54, 1.807) is 42.5 Å². The van der Waals surface area contributed by atoms with Gasteiger partial charge in [-0.3, -0.25) is 13.9 Å². The third kappa shape index (κ3) is 7.49. The van der Waals surface area contributed by atoms with Crippen LogP contribution < -0.4 is 9.62 Å². The Balaban J connectivity index is 1.79. The fourth-order valence-corrected chi connectivity index (χ4v) is 5.63. The van der Waals surface area contributed by atoms with Crippen LogP contribution in [0.15, 0.2) is 97.1 Å². The summed E-state index contributed by atoms with van der Waals surface area (Å²) in [6.07, 6.45) is 1.20. The lowest BCUT2D eigenvalue weighted by atomic mass is 10.0. The van der Waals surface area contributed by atoms with E-state index in [0.717, 1.165) is 21.5 Å². The normalized spacial score (nSPS) is 12.2. The fourth-order valence-electron chi connectivity index (χ4n) is 4.77. The number of hydrogen-bond acceptors (Lipinski definition) is 4. The zero-order chi connectivity index (χ0) is 29.6. The van der Waals surface area contributed by atoms with Crippen LogP contribution in [-0.2, 0) is 32.6 Å². The van der Waals surface area contributed by atoms with Gasteiger partial charge in [-0.2, -0.15) is 0 Å². The number of sulfonamides is 1. The average Bonchev–Trinajstić information content (AvgIpc) is 2.93. The lowest BCUT2D eigenvalue weighted by Crippen LogP contribution is -2.54. The Morgan fingerprint density at radius 1 is 0.854 bits per heavy atom. The Morgan fingerprint density at radius 3 is 2.17 bits per heavy atom. The third-order valence-corrected chi connectivity index (χ3v) is 7.84. The summed E-state index contributed by atoms with van der Waals surface area (Å²) in [7, 11) is -3.93. The predicted octanol–water partition coefficient (Wildman–Crippen LogP) is 4.91. The highest BCUT2D eigenvalue weighted by Gasteiger charge is 2.34. The van der Waals surface area contributed by atoms with E-state index in [0.29, 0.717) is 11.1 Å². The molecule has 1 atom stereocenters. The van der Waals surface area contributed by atoms with Gasteiger partial charge in [0.2, 0.25) is 21.8 Å². The van der Waals surface area contributed by atoms with Gasteiger partial charge in [0.15, 0.2) is 0 Å². The van der Waals surface area contributed by atoms with Crippen molar-refractivity contribution in [3.63, 3.8) is 0 Å². The van der Waals surface area contributed by atoms with E-state index in [4.69, 9.17) is 0 Å². The first-order valence-corrected chi connectivity index (χ1v) is 15.2. The van der Waals surface area contributed by atoms with Crippen LogP contribution in [0.4, 0.5) is 10.1 Å². The maximum absolute atomic E-state index is 14.9. The Morgan fingerprint density at radius 2 is 1.49 bits per heavy atom. The van der Waals surface area contributed by atoms with Crippen molar-refractivity contribution in [2.75, 3.05) is 17.1 Å². The van der Waals surface area contributed by atoms with Crippen molar-refractivity contribution in [3.05, 3.63) is 114 Å². The van der Waals surface area contributed by atoms with E-state index in [9.17, 15) is 22.4 Å². The highest BCUT2D eigenvalue weighted by Crippen LogP contribution is 2.29. The summed E-state index contributed by atoms with van der Waals surface area (Å²) in [6.45, 7) is 2.84. The molecule has 0 aliphatic carbocycles. The van der Waals surface area contributed by atoms with Crippen LogP contribution in [0.1, 0.15) is 25.0 Å². The smallest absolute Gasteiger partial charge is 0.244 e. The summed E-state index contributed by atoms with van der Waals surface area (Å²) >= 11 is 0. The highest BCUT2D eigenvalue weighted by molar-refractivity contribution is 7.92. The highest BCUT2D eigenvalue weighted by atomic mass is 32.2. The number of nitrogens with one attached hydrogen (secondary N) is 1. The number of halogens is 1. The number of amides is 2. The van der Waals surface area contributed by atoms with Crippen LogP contribution in [-0.4, -0.2) is 50.0 Å². The monoisotopic (exact) mass is 575 g/mol. The molecule has 0 saturated carbocycles. The summed E-state index contributed by atoms with van der Waals surface area (Å²) in [5.41, 5.74) is 1.36. The topological polar surface area (TPSA) is 86.8 Å².